The van der Waals surface area contributed by atoms with Crippen LogP contribution in [0.25, 0.3) is 11.1 Å². The van der Waals surface area contributed by atoms with Crippen molar-refractivity contribution in [1.82, 2.24) is 0 Å². The number of hydrogen-bond acceptors (Lipinski definition) is 5. The summed E-state index contributed by atoms with van der Waals surface area (Å²) >= 11 is 0. The van der Waals surface area contributed by atoms with Gasteiger partial charge in [0.25, 0.3) is 0 Å². The minimum atomic E-state index is -0.719. The first kappa shape index (κ1) is 15.0. The summed E-state index contributed by atoms with van der Waals surface area (Å²) in [5, 5.41) is 10.1. The highest BCUT2D eigenvalue weighted by molar-refractivity contribution is 5.94. The van der Waals surface area contributed by atoms with Gasteiger partial charge in [-0.15, -0.1) is 0 Å². The van der Waals surface area contributed by atoms with Gasteiger partial charge in [-0.05, 0) is 43.2 Å². The number of aliphatic hydroxyl groups is 1. The van der Waals surface area contributed by atoms with Gasteiger partial charge >= 0.3 is 5.97 Å². The van der Waals surface area contributed by atoms with Gasteiger partial charge in [0.2, 0.25) is 0 Å². The zero-order valence-corrected chi connectivity index (χ0v) is 13.5. The summed E-state index contributed by atoms with van der Waals surface area (Å²) in [5.74, 6) is 0.895. The molecular formula is C19H18O5. The molecule has 0 aliphatic carbocycles. The fourth-order valence-electron chi connectivity index (χ4n) is 2.90. The lowest BCUT2D eigenvalue weighted by Gasteiger charge is -2.27. The zero-order valence-electron chi connectivity index (χ0n) is 13.5. The number of fused-ring (bicyclic) bond motifs is 2. The molecule has 2 heterocycles. The number of carbonyl (C=O) groups is 1. The Morgan fingerprint density at radius 2 is 1.79 bits per heavy atom. The second-order valence-electron chi connectivity index (χ2n) is 6.64. The largest absolute Gasteiger partial charge is 0.487 e. The maximum atomic E-state index is 11.7. The van der Waals surface area contributed by atoms with Gasteiger partial charge in [0.05, 0.1) is 5.56 Å². The lowest BCUT2D eigenvalue weighted by Crippen LogP contribution is -2.43. The standard InChI is InChI=1S/C19H18O5/c1-19(2)17(20)10-22-16-8-12(5-6-15(16)24-19)11-3-4-13-9-23-18(21)14(13)7-11/h3-8,17,20H,9-10H2,1-2H3/t17-/m0/s1. The van der Waals surface area contributed by atoms with E-state index in [0.29, 0.717) is 23.7 Å². The third kappa shape index (κ3) is 2.41. The average molecular weight is 326 g/mol. The SMILES string of the molecule is CC1(C)Oc2ccc(-c3ccc4c(c3)C(=O)OC4)cc2OC[C@@H]1O. The molecular weight excluding hydrogens is 308 g/mol. The third-order valence-electron chi connectivity index (χ3n) is 4.54. The van der Waals surface area contributed by atoms with E-state index in [2.05, 4.69) is 0 Å². The molecule has 0 unspecified atom stereocenters. The van der Waals surface area contributed by atoms with Crippen molar-refractivity contribution in [3.8, 4) is 22.6 Å². The van der Waals surface area contributed by atoms with E-state index in [1.807, 2.05) is 50.2 Å². The summed E-state index contributed by atoms with van der Waals surface area (Å²) in [5.41, 5.74) is 2.61. The van der Waals surface area contributed by atoms with Crippen molar-refractivity contribution in [2.24, 2.45) is 0 Å². The van der Waals surface area contributed by atoms with E-state index in [4.69, 9.17) is 14.2 Å². The van der Waals surface area contributed by atoms with Crippen molar-refractivity contribution < 1.29 is 24.1 Å². The van der Waals surface area contributed by atoms with Gasteiger partial charge in [-0.2, -0.15) is 0 Å². The molecule has 2 aliphatic heterocycles. The molecule has 0 fully saturated rings. The van der Waals surface area contributed by atoms with Crippen LogP contribution in [-0.4, -0.2) is 29.4 Å². The highest BCUT2D eigenvalue weighted by Crippen LogP contribution is 2.38. The van der Waals surface area contributed by atoms with Gasteiger partial charge in [0.15, 0.2) is 11.5 Å². The fraction of sp³-hybridized carbons (Fsp3) is 0.316. The number of esters is 1. The van der Waals surface area contributed by atoms with Gasteiger partial charge in [0, 0.05) is 5.56 Å². The monoisotopic (exact) mass is 326 g/mol. The molecule has 0 amide bonds. The molecule has 1 atom stereocenters. The zero-order chi connectivity index (χ0) is 16.9. The Morgan fingerprint density at radius 3 is 2.62 bits per heavy atom. The molecule has 2 aliphatic rings. The summed E-state index contributed by atoms with van der Waals surface area (Å²) < 4.78 is 16.6. The molecule has 5 heteroatoms. The van der Waals surface area contributed by atoms with Gasteiger partial charge in [-0.25, -0.2) is 4.79 Å². The summed E-state index contributed by atoms with van der Waals surface area (Å²) in [6, 6.07) is 11.3. The third-order valence-corrected chi connectivity index (χ3v) is 4.54. The van der Waals surface area contributed by atoms with E-state index in [9.17, 15) is 9.90 Å². The Morgan fingerprint density at radius 1 is 1.04 bits per heavy atom. The maximum absolute atomic E-state index is 11.7. The lowest BCUT2D eigenvalue weighted by atomic mass is 10.00. The molecule has 5 nitrogen and oxygen atoms in total. The Balaban J connectivity index is 1.72. The van der Waals surface area contributed by atoms with Crippen LogP contribution >= 0.6 is 0 Å². The smallest absolute Gasteiger partial charge is 0.338 e. The predicted octanol–water partition coefficient (Wildman–Crippen LogP) is 2.93. The van der Waals surface area contributed by atoms with Crippen molar-refractivity contribution in [3.63, 3.8) is 0 Å². The van der Waals surface area contributed by atoms with Crippen molar-refractivity contribution in [1.29, 1.82) is 0 Å². The molecule has 2 aromatic rings. The van der Waals surface area contributed by atoms with Crippen molar-refractivity contribution in [3.05, 3.63) is 47.5 Å². The van der Waals surface area contributed by atoms with Crippen LogP contribution < -0.4 is 9.47 Å². The van der Waals surface area contributed by atoms with E-state index >= 15 is 0 Å². The van der Waals surface area contributed by atoms with Crippen molar-refractivity contribution in [2.45, 2.75) is 32.2 Å². The van der Waals surface area contributed by atoms with E-state index in [0.717, 1.165) is 16.7 Å². The molecule has 124 valence electrons. The minimum absolute atomic E-state index is 0.167. The number of carbonyl (C=O) groups excluding carboxylic acids is 1. The van der Waals surface area contributed by atoms with Gasteiger partial charge in [-0.3, -0.25) is 0 Å². The topological polar surface area (TPSA) is 65.0 Å². The molecule has 0 spiro atoms. The van der Waals surface area contributed by atoms with Crippen LogP contribution in [0.1, 0.15) is 29.8 Å². The highest BCUT2D eigenvalue weighted by atomic mass is 16.6. The van der Waals surface area contributed by atoms with E-state index in [-0.39, 0.29) is 12.6 Å². The average Bonchev–Trinajstić information content (AvgIpc) is 2.88. The van der Waals surface area contributed by atoms with Gasteiger partial charge < -0.3 is 19.3 Å². The lowest BCUT2D eigenvalue weighted by molar-refractivity contribution is -0.0351. The summed E-state index contributed by atoms with van der Waals surface area (Å²) in [4.78, 5) is 11.7. The van der Waals surface area contributed by atoms with Crippen LogP contribution in [0.4, 0.5) is 0 Å². The van der Waals surface area contributed by atoms with Crippen molar-refractivity contribution >= 4 is 5.97 Å². The van der Waals surface area contributed by atoms with E-state index in [1.165, 1.54) is 0 Å². The normalized spacial score (nSPS) is 21.0. The first-order valence-electron chi connectivity index (χ1n) is 7.88. The Bertz CT molecular complexity index is 825. The molecule has 2 aromatic carbocycles. The minimum Gasteiger partial charge on any atom is -0.487 e. The Hall–Kier alpha value is -2.53. The molecule has 0 bridgehead atoms. The number of ether oxygens (including phenoxy) is 3. The van der Waals surface area contributed by atoms with E-state index < -0.39 is 11.7 Å². The van der Waals surface area contributed by atoms with Crippen LogP contribution in [0.15, 0.2) is 36.4 Å². The maximum Gasteiger partial charge on any atom is 0.338 e. The number of cyclic esters (lactones) is 1. The van der Waals surface area contributed by atoms with Crippen LogP contribution in [0.3, 0.4) is 0 Å². The molecule has 0 saturated heterocycles. The molecule has 0 saturated carbocycles. The molecule has 0 aromatic heterocycles. The predicted molar refractivity (Wildman–Crippen MR) is 87.2 cm³/mol. The number of aliphatic hydroxyl groups excluding tert-OH is 1. The Kier molecular flexibility index (Phi) is 3.28. The molecule has 1 N–H and O–H groups in total. The van der Waals surface area contributed by atoms with Crippen LogP contribution in [0.5, 0.6) is 11.5 Å². The van der Waals surface area contributed by atoms with E-state index in [1.54, 1.807) is 0 Å². The molecule has 0 radical (unpaired) electrons. The second kappa shape index (κ2) is 5.24. The number of rotatable bonds is 1. The summed E-state index contributed by atoms with van der Waals surface area (Å²) in [6.07, 6.45) is -0.719. The van der Waals surface area contributed by atoms with Crippen LogP contribution in [0.2, 0.25) is 0 Å². The Labute approximate surface area is 139 Å². The fourth-order valence-corrected chi connectivity index (χ4v) is 2.90. The quantitative estimate of drug-likeness (QED) is 0.816. The first-order valence-corrected chi connectivity index (χ1v) is 7.88. The van der Waals surface area contributed by atoms with Crippen molar-refractivity contribution in [2.75, 3.05) is 6.61 Å². The molecule has 24 heavy (non-hydrogen) atoms. The van der Waals surface area contributed by atoms with Gasteiger partial charge in [-0.1, -0.05) is 18.2 Å². The van der Waals surface area contributed by atoms with Gasteiger partial charge in [0.1, 0.15) is 24.9 Å². The number of benzene rings is 2. The number of hydrogen-bond donors (Lipinski definition) is 1. The highest BCUT2D eigenvalue weighted by Gasteiger charge is 2.34. The summed E-state index contributed by atoms with van der Waals surface area (Å²) in [7, 11) is 0. The second-order valence-corrected chi connectivity index (χ2v) is 6.64. The molecule has 4 rings (SSSR count). The summed E-state index contributed by atoms with van der Waals surface area (Å²) in [6.45, 7) is 4.16. The first-order chi connectivity index (χ1) is 11.4. The van der Waals surface area contributed by atoms with Crippen LogP contribution in [-0.2, 0) is 11.3 Å². The van der Waals surface area contributed by atoms with Crippen LogP contribution in [0, 0.1) is 0 Å².